The fourth-order valence-electron chi connectivity index (χ4n) is 2.62. The minimum Gasteiger partial charge on any atom is -0.480 e. The molecule has 3 rings (SSSR count). The van der Waals surface area contributed by atoms with Crippen molar-refractivity contribution in [3.8, 4) is 0 Å². The molecule has 8 nitrogen and oxygen atoms in total. The number of aromatic nitrogens is 1. The van der Waals surface area contributed by atoms with E-state index >= 15 is 0 Å². The summed E-state index contributed by atoms with van der Waals surface area (Å²) < 4.78 is 27.0. The number of sulfone groups is 1. The van der Waals surface area contributed by atoms with Crippen molar-refractivity contribution in [3.05, 3.63) is 71.5 Å². The second-order valence-corrected chi connectivity index (χ2v) is 8.02. The number of carboxylic acids is 1. The first-order chi connectivity index (χ1) is 12.9. The van der Waals surface area contributed by atoms with Gasteiger partial charge in [-0.25, -0.2) is 18.4 Å². The van der Waals surface area contributed by atoms with E-state index < -0.39 is 27.2 Å². The molecule has 2 heterocycles. The summed E-state index contributed by atoms with van der Waals surface area (Å²) in [6.45, 7) is -0.536. The summed E-state index contributed by atoms with van der Waals surface area (Å²) in [5.74, 6) is -1.17. The highest BCUT2D eigenvalue weighted by Gasteiger charge is 2.48. The zero-order chi connectivity index (χ0) is 19.5. The summed E-state index contributed by atoms with van der Waals surface area (Å²) in [6.07, 6.45) is 4.14. The number of benzene rings is 1. The van der Waals surface area contributed by atoms with Gasteiger partial charge in [0.25, 0.3) is 0 Å². The van der Waals surface area contributed by atoms with Crippen molar-refractivity contribution in [3.63, 3.8) is 0 Å². The number of carbonyl (C=O) groups is 1. The van der Waals surface area contributed by atoms with Crippen LogP contribution < -0.4 is 10.6 Å². The molecule has 0 saturated carbocycles. The molecule has 1 atom stereocenters. The van der Waals surface area contributed by atoms with Gasteiger partial charge in [-0.05, 0) is 24.3 Å². The quantitative estimate of drug-likeness (QED) is 0.688. The lowest BCUT2D eigenvalue weighted by molar-refractivity contribution is -0.135. The van der Waals surface area contributed by atoms with E-state index in [1.54, 1.807) is 36.4 Å². The zero-order valence-electron chi connectivity index (χ0n) is 13.8. The van der Waals surface area contributed by atoms with Crippen LogP contribution in [0.25, 0.3) is 0 Å². The lowest BCUT2D eigenvalue weighted by atomic mass is 10.1. The molecule has 3 N–H and O–H groups in total. The van der Waals surface area contributed by atoms with Crippen LogP contribution in [0.4, 0.5) is 0 Å². The van der Waals surface area contributed by atoms with Crippen LogP contribution in [0, 0.1) is 0 Å². The van der Waals surface area contributed by atoms with Crippen molar-refractivity contribution >= 4 is 33.4 Å². The van der Waals surface area contributed by atoms with Crippen molar-refractivity contribution in [2.24, 2.45) is 4.99 Å². The van der Waals surface area contributed by atoms with Gasteiger partial charge in [0.15, 0.2) is 15.9 Å². The monoisotopic (exact) mass is 406 g/mol. The van der Waals surface area contributed by atoms with Crippen molar-refractivity contribution in [2.75, 3.05) is 6.54 Å². The third-order valence-corrected chi connectivity index (χ3v) is 6.25. The number of aliphatic imine (C=N–C) groups is 1. The normalized spacial score (nSPS) is 20.7. The van der Waals surface area contributed by atoms with Gasteiger partial charge in [0.2, 0.25) is 9.84 Å². The van der Waals surface area contributed by atoms with Gasteiger partial charge in [-0.3, -0.25) is 4.79 Å². The van der Waals surface area contributed by atoms with Crippen LogP contribution in [0.2, 0.25) is 5.02 Å². The molecule has 140 valence electrons. The molecule has 1 aliphatic rings. The van der Waals surface area contributed by atoms with Crippen LogP contribution >= 0.6 is 11.6 Å². The molecule has 1 aliphatic heterocycles. The number of hydrogen-bond acceptors (Lipinski definition) is 5. The number of nitrogens with zero attached hydrogens (tertiary/aromatic N) is 2. The molecule has 0 aliphatic carbocycles. The molecular weight excluding hydrogens is 392 g/mol. The second-order valence-electron chi connectivity index (χ2n) is 5.55. The first-order valence-corrected chi connectivity index (χ1v) is 9.62. The minimum absolute atomic E-state index is 0.0145. The van der Waals surface area contributed by atoms with E-state index in [0.29, 0.717) is 0 Å². The fourth-order valence-corrected chi connectivity index (χ4v) is 4.69. The summed E-state index contributed by atoms with van der Waals surface area (Å²) >= 11 is 6.30. The van der Waals surface area contributed by atoms with E-state index in [1.165, 1.54) is 24.5 Å². The van der Waals surface area contributed by atoms with Crippen LogP contribution in [-0.4, -0.2) is 37.0 Å². The number of halogens is 1. The summed E-state index contributed by atoms with van der Waals surface area (Å²) in [7, 11) is -4.13. The molecule has 27 heavy (non-hydrogen) atoms. The Bertz CT molecular complexity index is 1020. The number of carboxylic acid groups (broad SMARTS) is 1. The topological polar surface area (TPSA) is 121 Å². The van der Waals surface area contributed by atoms with Crippen LogP contribution in [-0.2, 0) is 19.5 Å². The molecule has 0 saturated heterocycles. The van der Waals surface area contributed by atoms with Gasteiger partial charge in [0.05, 0.1) is 0 Å². The maximum Gasteiger partial charge on any atom is 0.325 e. The Morgan fingerprint density at radius 3 is 2.63 bits per heavy atom. The van der Waals surface area contributed by atoms with Gasteiger partial charge in [-0.15, -0.1) is 0 Å². The lowest BCUT2D eigenvalue weighted by Gasteiger charge is -2.35. The van der Waals surface area contributed by atoms with Crippen molar-refractivity contribution in [2.45, 2.75) is 9.90 Å². The van der Waals surface area contributed by atoms with Gasteiger partial charge in [-0.2, -0.15) is 0 Å². The summed E-state index contributed by atoms with van der Waals surface area (Å²) in [5, 5.41) is 14.4. The Morgan fingerprint density at radius 1 is 1.22 bits per heavy atom. The molecule has 1 aromatic carbocycles. The third kappa shape index (κ3) is 3.51. The highest BCUT2D eigenvalue weighted by molar-refractivity contribution is 7.92. The first kappa shape index (κ1) is 18.9. The average molecular weight is 407 g/mol. The van der Waals surface area contributed by atoms with Crippen molar-refractivity contribution in [1.82, 2.24) is 15.6 Å². The van der Waals surface area contributed by atoms with Gasteiger partial charge < -0.3 is 15.7 Å². The van der Waals surface area contributed by atoms with Gasteiger partial charge >= 0.3 is 5.97 Å². The smallest absolute Gasteiger partial charge is 0.325 e. The Balaban J connectivity index is 2.22. The summed E-state index contributed by atoms with van der Waals surface area (Å²) in [5.41, 5.74) is 0.262. The van der Waals surface area contributed by atoms with Crippen molar-refractivity contribution < 1.29 is 18.3 Å². The molecule has 0 amide bonds. The van der Waals surface area contributed by atoms with E-state index in [1.807, 2.05) is 0 Å². The van der Waals surface area contributed by atoms with E-state index in [0.717, 1.165) is 0 Å². The highest BCUT2D eigenvalue weighted by atomic mass is 35.5. The van der Waals surface area contributed by atoms with Gasteiger partial charge in [0.1, 0.15) is 6.54 Å². The fraction of sp³-hybridized carbons (Fsp3) is 0.118. The number of pyridine rings is 1. The van der Waals surface area contributed by atoms with Gasteiger partial charge in [0, 0.05) is 23.0 Å². The molecular formula is C17H15ClN4O4S. The largest absolute Gasteiger partial charge is 0.480 e. The van der Waals surface area contributed by atoms with E-state index in [-0.39, 0.29) is 21.6 Å². The molecule has 0 fully saturated rings. The molecule has 0 bridgehead atoms. The van der Waals surface area contributed by atoms with E-state index in [9.17, 15) is 13.2 Å². The Labute approximate surface area is 160 Å². The van der Waals surface area contributed by atoms with Gasteiger partial charge in [-0.1, -0.05) is 35.9 Å². The Hall–Kier alpha value is -2.91. The van der Waals surface area contributed by atoms with Crippen LogP contribution in [0.5, 0.6) is 0 Å². The highest BCUT2D eigenvalue weighted by Crippen LogP contribution is 2.38. The maximum atomic E-state index is 13.5. The molecule has 0 radical (unpaired) electrons. The Morgan fingerprint density at radius 2 is 1.96 bits per heavy atom. The first-order valence-electron chi connectivity index (χ1n) is 7.76. The van der Waals surface area contributed by atoms with Crippen LogP contribution in [0.1, 0.15) is 5.56 Å². The Kier molecular flexibility index (Phi) is 5.15. The molecule has 1 aromatic heterocycles. The molecule has 10 heteroatoms. The molecule has 1 unspecified atom stereocenters. The lowest BCUT2D eigenvalue weighted by Crippen LogP contribution is -2.56. The minimum atomic E-state index is -4.13. The number of rotatable bonds is 5. The maximum absolute atomic E-state index is 13.5. The predicted molar refractivity (Wildman–Crippen MR) is 99.9 cm³/mol. The number of nitrogens with one attached hydrogen (secondary N) is 2. The second kappa shape index (κ2) is 7.37. The average Bonchev–Trinajstić information content (AvgIpc) is 2.67. The summed E-state index contributed by atoms with van der Waals surface area (Å²) in [6, 6.07) is 11.0. The predicted octanol–water partition coefficient (Wildman–Crippen LogP) is 1.51. The standard InChI is InChI=1S/C17H15ClN4O4S/c18-13-6-2-1-5-12(13)17(27(25,26)14-7-3-4-9-19-14)8-10-20-16(22-17)21-11-15(23)24/h1-10H,11H2,(H,23,24)(H2,20,21,22). The van der Waals surface area contributed by atoms with E-state index in [4.69, 9.17) is 16.7 Å². The number of guanidine groups is 1. The zero-order valence-corrected chi connectivity index (χ0v) is 15.4. The number of hydrogen-bond donors (Lipinski definition) is 3. The number of aliphatic carboxylic acids is 1. The summed E-state index contributed by atoms with van der Waals surface area (Å²) in [4.78, 5) is 16.8. The van der Waals surface area contributed by atoms with E-state index in [2.05, 4.69) is 20.6 Å². The van der Waals surface area contributed by atoms with Crippen molar-refractivity contribution in [1.29, 1.82) is 0 Å². The van der Waals surface area contributed by atoms with Crippen LogP contribution in [0.15, 0.2) is 71.0 Å². The molecule has 0 spiro atoms. The third-order valence-electron chi connectivity index (χ3n) is 3.83. The SMILES string of the molecule is O=C(O)CN=C1NC=CC(c2ccccc2Cl)(S(=O)(=O)c2ccccn2)N1. The van der Waals surface area contributed by atoms with Crippen LogP contribution in [0.3, 0.4) is 0 Å². The molecule has 2 aromatic rings.